The Bertz CT molecular complexity index is 357. The van der Waals surface area contributed by atoms with Crippen LogP contribution in [0.1, 0.15) is 32.1 Å². The average molecular weight is 286 g/mol. The van der Waals surface area contributed by atoms with E-state index in [0.29, 0.717) is 12.6 Å². The van der Waals surface area contributed by atoms with E-state index in [0.717, 1.165) is 13.0 Å². The summed E-state index contributed by atoms with van der Waals surface area (Å²) in [5.74, 6) is -1.78. The third kappa shape index (κ3) is 7.57. The lowest BCUT2D eigenvalue weighted by Gasteiger charge is -2.14. The molecule has 1 aliphatic rings. The van der Waals surface area contributed by atoms with Gasteiger partial charge in [0.05, 0.1) is 0 Å². The van der Waals surface area contributed by atoms with Crippen LogP contribution in [0, 0.1) is 0 Å². The maximum Gasteiger partial charge on any atom is 0.326 e. The normalized spacial score (nSPS) is 15.4. The van der Waals surface area contributed by atoms with E-state index in [4.69, 9.17) is 10.8 Å². The summed E-state index contributed by atoms with van der Waals surface area (Å²) < 4.78 is 0. The predicted molar refractivity (Wildman–Crippen MR) is 72.0 cm³/mol. The molecule has 0 saturated heterocycles. The topological polar surface area (TPSA) is 134 Å². The number of aliphatic carboxylic acids is 1. The fourth-order valence-corrected chi connectivity index (χ4v) is 1.64. The Morgan fingerprint density at radius 3 is 2.50 bits per heavy atom. The Balaban J connectivity index is 2.12. The SMILES string of the molecule is NC(=O)CC[C@H](NC(=O)NCCCNC1CC1)C(=O)O. The molecule has 0 bridgehead atoms. The number of hydrogen-bond acceptors (Lipinski definition) is 4. The molecular weight excluding hydrogens is 264 g/mol. The molecule has 0 aliphatic heterocycles. The van der Waals surface area contributed by atoms with Crippen LogP contribution in [0.5, 0.6) is 0 Å². The van der Waals surface area contributed by atoms with Gasteiger partial charge in [0.1, 0.15) is 6.04 Å². The average Bonchev–Trinajstić information content (AvgIpc) is 3.17. The molecule has 3 amide bonds. The monoisotopic (exact) mass is 286 g/mol. The number of hydrogen-bond donors (Lipinski definition) is 5. The van der Waals surface area contributed by atoms with Gasteiger partial charge < -0.3 is 26.8 Å². The Morgan fingerprint density at radius 1 is 1.25 bits per heavy atom. The first kappa shape index (κ1) is 16.2. The molecule has 0 heterocycles. The summed E-state index contributed by atoms with van der Waals surface area (Å²) in [5, 5.41) is 17.1. The Labute approximate surface area is 117 Å². The van der Waals surface area contributed by atoms with E-state index >= 15 is 0 Å². The van der Waals surface area contributed by atoms with E-state index in [1.54, 1.807) is 0 Å². The van der Waals surface area contributed by atoms with Crippen molar-refractivity contribution < 1.29 is 19.5 Å². The zero-order chi connectivity index (χ0) is 15.0. The van der Waals surface area contributed by atoms with Crippen LogP contribution >= 0.6 is 0 Å². The highest BCUT2D eigenvalue weighted by atomic mass is 16.4. The van der Waals surface area contributed by atoms with Crippen molar-refractivity contribution >= 4 is 17.9 Å². The molecule has 1 saturated carbocycles. The van der Waals surface area contributed by atoms with Crippen LogP contribution < -0.4 is 21.7 Å². The highest BCUT2D eigenvalue weighted by Crippen LogP contribution is 2.18. The first-order valence-corrected chi connectivity index (χ1v) is 6.78. The Hall–Kier alpha value is -1.83. The molecule has 1 rings (SSSR count). The van der Waals surface area contributed by atoms with Crippen molar-refractivity contribution in [2.45, 2.75) is 44.2 Å². The number of rotatable bonds is 10. The molecule has 0 aromatic heterocycles. The molecule has 0 aromatic carbocycles. The number of nitrogens with one attached hydrogen (secondary N) is 3. The molecule has 8 heteroatoms. The number of primary amides is 1. The predicted octanol–water partition coefficient (Wildman–Crippen LogP) is -0.854. The van der Waals surface area contributed by atoms with E-state index in [9.17, 15) is 14.4 Å². The van der Waals surface area contributed by atoms with Gasteiger partial charge in [0, 0.05) is 19.0 Å². The van der Waals surface area contributed by atoms with Gasteiger partial charge in [0.25, 0.3) is 0 Å². The minimum atomic E-state index is -1.18. The molecule has 1 aliphatic carbocycles. The smallest absolute Gasteiger partial charge is 0.326 e. The van der Waals surface area contributed by atoms with Gasteiger partial charge in [0.2, 0.25) is 5.91 Å². The minimum Gasteiger partial charge on any atom is -0.480 e. The first-order valence-electron chi connectivity index (χ1n) is 6.78. The molecule has 1 fully saturated rings. The van der Waals surface area contributed by atoms with Crippen LogP contribution in [0.25, 0.3) is 0 Å². The van der Waals surface area contributed by atoms with Crippen LogP contribution in [0.3, 0.4) is 0 Å². The quantitative estimate of drug-likeness (QED) is 0.333. The molecule has 0 unspecified atom stereocenters. The lowest BCUT2D eigenvalue weighted by molar-refractivity contribution is -0.139. The van der Waals surface area contributed by atoms with Crippen LogP contribution in [0.2, 0.25) is 0 Å². The number of carbonyl (C=O) groups is 3. The van der Waals surface area contributed by atoms with Crippen LogP contribution in [-0.4, -0.2) is 48.2 Å². The lowest BCUT2D eigenvalue weighted by atomic mass is 10.1. The number of urea groups is 1. The highest BCUT2D eigenvalue weighted by molar-refractivity contribution is 5.83. The molecule has 6 N–H and O–H groups in total. The summed E-state index contributed by atoms with van der Waals surface area (Å²) in [4.78, 5) is 33.0. The van der Waals surface area contributed by atoms with Crippen LogP contribution in [0.4, 0.5) is 4.79 Å². The van der Waals surface area contributed by atoms with E-state index in [1.165, 1.54) is 12.8 Å². The molecule has 0 radical (unpaired) electrons. The van der Waals surface area contributed by atoms with Crippen molar-refractivity contribution in [3.63, 3.8) is 0 Å². The van der Waals surface area contributed by atoms with Crippen molar-refractivity contribution in [1.29, 1.82) is 0 Å². The fourth-order valence-electron chi connectivity index (χ4n) is 1.64. The summed E-state index contributed by atoms with van der Waals surface area (Å²) in [6.07, 6.45) is 3.12. The van der Waals surface area contributed by atoms with Gasteiger partial charge in [0.15, 0.2) is 0 Å². The summed E-state index contributed by atoms with van der Waals surface area (Å²) in [5.41, 5.74) is 4.95. The summed E-state index contributed by atoms with van der Waals surface area (Å²) in [7, 11) is 0. The molecule has 20 heavy (non-hydrogen) atoms. The Kier molecular flexibility index (Phi) is 6.78. The van der Waals surface area contributed by atoms with Gasteiger partial charge in [-0.1, -0.05) is 0 Å². The van der Waals surface area contributed by atoms with Crippen molar-refractivity contribution in [2.24, 2.45) is 5.73 Å². The molecular formula is C12H22N4O4. The fraction of sp³-hybridized carbons (Fsp3) is 0.750. The third-order valence-corrected chi connectivity index (χ3v) is 2.93. The van der Waals surface area contributed by atoms with E-state index < -0.39 is 23.9 Å². The van der Waals surface area contributed by atoms with Crippen molar-refractivity contribution in [3.05, 3.63) is 0 Å². The number of carboxylic acids is 1. The van der Waals surface area contributed by atoms with Gasteiger partial charge in [-0.25, -0.2) is 9.59 Å². The van der Waals surface area contributed by atoms with Gasteiger partial charge in [-0.2, -0.15) is 0 Å². The lowest BCUT2D eigenvalue weighted by Crippen LogP contribution is -2.46. The summed E-state index contributed by atoms with van der Waals surface area (Å²) in [6, 6.07) is -1.02. The Morgan fingerprint density at radius 2 is 1.95 bits per heavy atom. The summed E-state index contributed by atoms with van der Waals surface area (Å²) >= 11 is 0. The maximum absolute atomic E-state index is 11.5. The van der Waals surface area contributed by atoms with E-state index in [-0.39, 0.29) is 12.8 Å². The number of nitrogens with two attached hydrogens (primary N) is 1. The largest absolute Gasteiger partial charge is 0.480 e. The second-order valence-corrected chi connectivity index (χ2v) is 4.88. The van der Waals surface area contributed by atoms with Crippen LogP contribution in [-0.2, 0) is 9.59 Å². The van der Waals surface area contributed by atoms with E-state index in [2.05, 4.69) is 16.0 Å². The number of carboxylic acid groups (broad SMARTS) is 1. The molecule has 8 nitrogen and oxygen atoms in total. The first-order chi connectivity index (χ1) is 9.49. The standard InChI is InChI=1S/C12H22N4O4/c13-10(17)5-4-9(11(18)19)16-12(20)15-7-1-6-14-8-2-3-8/h8-9,14H,1-7H2,(H2,13,17)(H,18,19)(H2,15,16,20)/t9-/m0/s1. The maximum atomic E-state index is 11.5. The third-order valence-electron chi connectivity index (χ3n) is 2.93. The van der Waals surface area contributed by atoms with E-state index in [1.807, 2.05) is 0 Å². The van der Waals surface area contributed by atoms with Crippen LogP contribution in [0.15, 0.2) is 0 Å². The molecule has 1 atom stereocenters. The van der Waals surface area contributed by atoms with Gasteiger partial charge in [-0.3, -0.25) is 4.79 Å². The minimum absolute atomic E-state index is 0.0126. The molecule has 0 spiro atoms. The van der Waals surface area contributed by atoms with Gasteiger partial charge >= 0.3 is 12.0 Å². The second-order valence-electron chi connectivity index (χ2n) is 4.88. The van der Waals surface area contributed by atoms with Crippen molar-refractivity contribution in [1.82, 2.24) is 16.0 Å². The highest BCUT2D eigenvalue weighted by Gasteiger charge is 2.21. The summed E-state index contributed by atoms with van der Waals surface area (Å²) in [6.45, 7) is 1.29. The van der Waals surface area contributed by atoms with Crippen molar-refractivity contribution in [2.75, 3.05) is 13.1 Å². The second kappa shape index (κ2) is 8.36. The van der Waals surface area contributed by atoms with Gasteiger partial charge in [-0.05, 0) is 32.2 Å². The zero-order valence-electron chi connectivity index (χ0n) is 11.4. The molecule has 114 valence electrons. The zero-order valence-corrected chi connectivity index (χ0v) is 11.4. The van der Waals surface area contributed by atoms with Gasteiger partial charge in [-0.15, -0.1) is 0 Å². The van der Waals surface area contributed by atoms with Crippen molar-refractivity contribution in [3.8, 4) is 0 Å². The number of carbonyl (C=O) groups excluding carboxylic acids is 2. The molecule has 0 aromatic rings. The number of amides is 3.